The standard InChI is InChI=1S/C11H12N4O3/c16-5-10(11(17)18)14-8-1-3-9(4-2-8)15-7-12-6-13-15/h1-4,6-7,10,14,16H,5H2,(H,17,18)/t10-/m0/s1. The monoisotopic (exact) mass is 248 g/mol. The number of benzene rings is 1. The molecule has 0 radical (unpaired) electrons. The van der Waals surface area contributed by atoms with Crippen molar-refractivity contribution in [3.8, 4) is 5.69 Å². The maximum Gasteiger partial charge on any atom is 0.328 e. The maximum absolute atomic E-state index is 10.7. The molecule has 0 unspecified atom stereocenters. The first kappa shape index (κ1) is 12.1. The van der Waals surface area contributed by atoms with Crippen molar-refractivity contribution in [2.45, 2.75) is 6.04 Å². The minimum atomic E-state index is -1.10. The molecule has 0 saturated carbocycles. The Morgan fingerprint density at radius 1 is 1.39 bits per heavy atom. The van der Waals surface area contributed by atoms with Crippen molar-refractivity contribution in [2.75, 3.05) is 11.9 Å². The van der Waals surface area contributed by atoms with Crippen LogP contribution in [0.1, 0.15) is 0 Å². The van der Waals surface area contributed by atoms with Crippen LogP contribution in [0.25, 0.3) is 5.69 Å². The topological polar surface area (TPSA) is 100 Å². The number of carboxylic acid groups (broad SMARTS) is 1. The lowest BCUT2D eigenvalue weighted by Crippen LogP contribution is -2.32. The summed E-state index contributed by atoms with van der Waals surface area (Å²) < 4.78 is 1.59. The van der Waals surface area contributed by atoms with E-state index in [2.05, 4.69) is 15.4 Å². The van der Waals surface area contributed by atoms with Gasteiger partial charge in [-0.2, -0.15) is 5.10 Å². The zero-order valence-electron chi connectivity index (χ0n) is 9.39. The number of carbonyl (C=O) groups is 1. The van der Waals surface area contributed by atoms with E-state index >= 15 is 0 Å². The van der Waals surface area contributed by atoms with E-state index in [9.17, 15) is 4.79 Å². The minimum Gasteiger partial charge on any atom is -0.480 e. The summed E-state index contributed by atoms with van der Waals surface area (Å²) in [6.45, 7) is -0.472. The summed E-state index contributed by atoms with van der Waals surface area (Å²) in [7, 11) is 0. The van der Waals surface area contributed by atoms with Gasteiger partial charge in [-0.1, -0.05) is 0 Å². The number of nitrogens with zero attached hydrogens (tertiary/aromatic N) is 3. The van der Waals surface area contributed by atoms with Crippen molar-refractivity contribution in [3.05, 3.63) is 36.9 Å². The largest absolute Gasteiger partial charge is 0.480 e. The molecule has 7 heteroatoms. The zero-order valence-corrected chi connectivity index (χ0v) is 9.39. The Morgan fingerprint density at radius 2 is 2.11 bits per heavy atom. The molecular formula is C11H12N4O3. The highest BCUT2D eigenvalue weighted by molar-refractivity contribution is 5.77. The van der Waals surface area contributed by atoms with Crippen LogP contribution in [0.4, 0.5) is 5.69 Å². The number of hydrogen-bond donors (Lipinski definition) is 3. The Morgan fingerprint density at radius 3 is 2.61 bits per heavy atom. The van der Waals surface area contributed by atoms with E-state index in [0.29, 0.717) is 5.69 Å². The van der Waals surface area contributed by atoms with Crippen LogP contribution in [0.15, 0.2) is 36.9 Å². The number of hydrogen-bond acceptors (Lipinski definition) is 5. The molecule has 1 aromatic heterocycles. The summed E-state index contributed by atoms with van der Waals surface area (Å²) in [4.78, 5) is 14.6. The summed E-state index contributed by atoms with van der Waals surface area (Å²) in [5.41, 5.74) is 1.43. The third-order valence-corrected chi connectivity index (χ3v) is 2.37. The van der Waals surface area contributed by atoms with Crippen molar-refractivity contribution >= 4 is 11.7 Å². The van der Waals surface area contributed by atoms with Crippen molar-refractivity contribution in [2.24, 2.45) is 0 Å². The van der Waals surface area contributed by atoms with Crippen LogP contribution in [0.3, 0.4) is 0 Å². The molecule has 94 valence electrons. The van der Waals surface area contributed by atoms with Crippen molar-refractivity contribution in [3.63, 3.8) is 0 Å². The first-order valence-corrected chi connectivity index (χ1v) is 5.26. The molecule has 1 atom stereocenters. The van der Waals surface area contributed by atoms with Crippen molar-refractivity contribution in [1.82, 2.24) is 14.8 Å². The summed E-state index contributed by atoms with van der Waals surface area (Å²) in [5, 5.41) is 24.4. The Kier molecular flexibility index (Phi) is 3.54. The molecule has 2 aromatic rings. The van der Waals surface area contributed by atoms with E-state index < -0.39 is 18.6 Å². The number of aliphatic carboxylic acids is 1. The molecule has 2 rings (SSSR count). The normalized spacial score (nSPS) is 12.1. The van der Waals surface area contributed by atoms with Gasteiger partial charge >= 0.3 is 5.97 Å². The van der Waals surface area contributed by atoms with Gasteiger partial charge in [0.25, 0.3) is 0 Å². The van der Waals surface area contributed by atoms with E-state index in [-0.39, 0.29) is 0 Å². The van der Waals surface area contributed by atoms with Crippen LogP contribution in [0, 0.1) is 0 Å². The van der Waals surface area contributed by atoms with E-state index in [0.717, 1.165) is 5.69 Å². The van der Waals surface area contributed by atoms with E-state index in [1.807, 2.05) is 0 Å². The van der Waals surface area contributed by atoms with Gasteiger partial charge in [-0.15, -0.1) is 0 Å². The lowest BCUT2D eigenvalue weighted by atomic mass is 10.2. The predicted octanol–water partition coefficient (Wildman–Crippen LogP) is 0.125. The van der Waals surface area contributed by atoms with Gasteiger partial charge in [0.2, 0.25) is 0 Å². The molecule has 3 N–H and O–H groups in total. The minimum absolute atomic E-state index is 0.472. The second-order valence-electron chi connectivity index (χ2n) is 3.60. The fourth-order valence-electron chi connectivity index (χ4n) is 1.44. The van der Waals surface area contributed by atoms with Crippen LogP contribution >= 0.6 is 0 Å². The van der Waals surface area contributed by atoms with Gasteiger partial charge < -0.3 is 15.5 Å². The fourth-order valence-corrected chi connectivity index (χ4v) is 1.44. The Labute approximate surface area is 103 Å². The van der Waals surface area contributed by atoms with Gasteiger partial charge in [0, 0.05) is 5.69 Å². The lowest BCUT2D eigenvalue weighted by molar-refractivity contribution is -0.138. The van der Waals surface area contributed by atoms with E-state index in [4.69, 9.17) is 10.2 Å². The van der Waals surface area contributed by atoms with Crippen molar-refractivity contribution in [1.29, 1.82) is 0 Å². The Balaban J connectivity index is 2.10. The number of aromatic nitrogens is 3. The second-order valence-corrected chi connectivity index (χ2v) is 3.60. The first-order chi connectivity index (χ1) is 8.70. The average molecular weight is 248 g/mol. The molecule has 0 saturated heterocycles. The van der Waals surface area contributed by atoms with Crippen LogP contribution in [-0.2, 0) is 4.79 Å². The molecule has 18 heavy (non-hydrogen) atoms. The quantitative estimate of drug-likeness (QED) is 0.695. The maximum atomic E-state index is 10.7. The van der Waals surface area contributed by atoms with Gasteiger partial charge in [-0.25, -0.2) is 14.5 Å². The number of anilines is 1. The smallest absolute Gasteiger partial charge is 0.328 e. The molecular weight excluding hydrogens is 236 g/mol. The summed E-state index contributed by atoms with van der Waals surface area (Å²) in [6.07, 6.45) is 2.99. The molecule has 0 aliphatic carbocycles. The summed E-state index contributed by atoms with van der Waals surface area (Å²) in [6, 6.07) is 5.95. The number of aliphatic hydroxyl groups is 1. The van der Waals surface area contributed by atoms with Gasteiger partial charge in [-0.05, 0) is 24.3 Å². The predicted molar refractivity (Wildman–Crippen MR) is 63.5 cm³/mol. The highest BCUT2D eigenvalue weighted by Crippen LogP contribution is 2.13. The van der Waals surface area contributed by atoms with E-state index in [1.165, 1.54) is 6.33 Å². The van der Waals surface area contributed by atoms with Crippen LogP contribution in [0.2, 0.25) is 0 Å². The molecule has 1 aromatic carbocycles. The Hall–Kier alpha value is -2.41. The number of nitrogens with one attached hydrogen (secondary N) is 1. The zero-order chi connectivity index (χ0) is 13.0. The summed E-state index contributed by atoms with van der Waals surface area (Å²) in [5.74, 6) is -1.10. The van der Waals surface area contributed by atoms with Gasteiger partial charge in [0.15, 0.2) is 0 Å². The third-order valence-electron chi connectivity index (χ3n) is 2.37. The van der Waals surface area contributed by atoms with Crippen LogP contribution < -0.4 is 5.32 Å². The fraction of sp³-hybridized carbons (Fsp3) is 0.182. The molecule has 7 nitrogen and oxygen atoms in total. The lowest BCUT2D eigenvalue weighted by Gasteiger charge is -2.13. The average Bonchev–Trinajstić information content (AvgIpc) is 2.90. The first-order valence-electron chi connectivity index (χ1n) is 5.26. The number of carboxylic acids is 1. The van der Waals surface area contributed by atoms with Gasteiger partial charge in [0.05, 0.1) is 12.3 Å². The second kappa shape index (κ2) is 5.28. The van der Waals surface area contributed by atoms with Crippen molar-refractivity contribution < 1.29 is 15.0 Å². The third kappa shape index (κ3) is 2.64. The molecule has 1 heterocycles. The molecule has 0 amide bonds. The molecule has 0 fully saturated rings. The Bertz CT molecular complexity index is 510. The number of aliphatic hydroxyl groups excluding tert-OH is 1. The molecule has 0 bridgehead atoms. The van der Waals surface area contributed by atoms with Crippen LogP contribution in [-0.4, -0.2) is 43.6 Å². The number of rotatable bonds is 5. The summed E-state index contributed by atoms with van der Waals surface area (Å²) >= 11 is 0. The van der Waals surface area contributed by atoms with Gasteiger partial charge in [0.1, 0.15) is 18.7 Å². The highest BCUT2D eigenvalue weighted by Gasteiger charge is 2.15. The molecule has 0 spiro atoms. The molecule has 0 aliphatic heterocycles. The SMILES string of the molecule is O=C(O)[C@H](CO)Nc1ccc(-n2cncn2)cc1. The van der Waals surface area contributed by atoms with Gasteiger partial charge in [-0.3, -0.25) is 0 Å². The molecule has 0 aliphatic rings. The van der Waals surface area contributed by atoms with Crippen LogP contribution in [0.5, 0.6) is 0 Å². The highest BCUT2D eigenvalue weighted by atomic mass is 16.4. The van der Waals surface area contributed by atoms with E-state index in [1.54, 1.807) is 35.3 Å².